The minimum atomic E-state index is -4.41. The van der Waals surface area contributed by atoms with Gasteiger partial charge in [0.2, 0.25) is 0 Å². The molecule has 0 aromatic carbocycles. The summed E-state index contributed by atoms with van der Waals surface area (Å²) in [6, 6.07) is -0.173. The molecule has 0 unspecified atom stereocenters. The Balaban J connectivity index is 1.07. The summed E-state index contributed by atoms with van der Waals surface area (Å²) >= 11 is 0. The molecule has 10 nitrogen and oxygen atoms in total. The molecule has 0 atom stereocenters. The van der Waals surface area contributed by atoms with Gasteiger partial charge in [-0.2, -0.15) is 25.9 Å². The lowest BCUT2D eigenvalue weighted by atomic mass is 9.74. The molecule has 1 saturated carbocycles. The Hall–Kier alpha value is -1.80. The molecular formula is C16H22F3N5O5S. The topological polar surface area (TPSA) is 111 Å². The van der Waals surface area contributed by atoms with E-state index in [2.05, 4.69) is 10.0 Å². The summed E-state index contributed by atoms with van der Waals surface area (Å²) in [6.45, 7) is 1.49. The Kier molecular flexibility index (Phi) is 3.97. The number of alkyl carbamates (subject to hydrolysis) is 1. The Morgan fingerprint density at radius 1 is 1.10 bits per heavy atom. The number of urea groups is 1. The number of hydrogen-bond donors (Lipinski definition) is 2. The number of hydrogen-bond acceptors (Lipinski definition) is 5. The Morgan fingerprint density at radius 2 is 1.70 bits per heavy atom. The lowest BCUT2D eigenvalue weighted by Crippen LogP contribution is -2.78. The third kappa shape index (κ3) is 3.02. The van der Waals surface area contributed by atoms with E-state index in [0.29, 0.717) is 26.2 Å². The molecule has 0 radical (unpaired) electrons. The van der Waals surface area contributed by atoms with Gasteiger partial charge in [0.1, 0.15) is 12.1 Å². The summed E-state index contributed by atoms with van der Waals surface area (Å²) in [5.74, 6) is 0. The van der Waals surface area contributed by atoms with E-state index in [1.54, 1.807) is 9.80 Å². The number of nitrogens with zero attached hydrogens (tertiary/aromatic N) is 3. The quantitative estimate of drug-likeness (QED) is 0.607. The van der Waals surface area contributed by atoms with Gasteiger partial charge in [0.15, 0.2) is 0 Å². The van der Waals surface area contributed by atoms with Crippen LogP contribution in [0.5, 0.6) is 0 Å². The molecule has 0 aromatic heterocycles. The number of amides is 3. The number of halogens is 3. The monoisotopic (exact) mass is 453 g/mol. The largest absolute Gasteiger partial charge is 0.447 e. The molecule has 4 heterocycles. The van der Waals surface area contributed by atoms with Crippen molar-refractivity contribution in [3.8, 4) is 0 Å². The first-order valence-electron chi connectivity index (χ1n) is 9.67. The maximum atomic E-state index is 13.0. The van der Waals surface area contributed by atoms with Gasteiger partial charge in [0.05, 0.1) is 18.5 Å². The number of ether oxygens (including phenoxy) is 1. The van der Waals surface area contributed by atoms with Gasteiger partial charge in [-0.05, 0) is 12.8 Å². The number of carbonyl (C=O) groups is 2. The lowest BCUT2D eigenvalue weighted by Gasteiger charge is -2.60. The van der Waals surface area contributed by atoms with Crippen LogP contribution in [0.2, 0.25) is 0 Å². The summed E-state index contributed by atoms with van der Waals surface area (Å²) < 4.78 is 71.6. The second kappa shape index (κ2) is 5.91. The van der Waals surface area contributed by atoms with Crippen molar-refractivity contribution >= 4 is 22.3 Å². The molecule has 0 bridgehead atoms. The molecule has 5 rings (SSSR count). The van der Waals surface area contributed by atoms with Crippen molar-refractivity contribution in [3.05, 3.63) is 0 Å². The second-order valence-corrected chi connectivity index (χ2v) is 11.1. The molecular weight excluding hydrogens is 431 g/mol. The summed E-state index contributed by atoms with van der Waals surface area (Å²) in [5, 5.41) is 2.70. The van der Waals surface area contributed by atoms with Crippen molar-refractivity contribution in [3.63, 3.8) is 0 Å². The predicted octanol–water partition coefficient (Wildman–Crippen LogP) is -0.305. The van der Waals surface area contributed by atoms with E-state index in [-0.39, 0.29) is 44.0 Å². The molecule has 1 aliphatic carbocycles. The van der Waals surface area contributed by atoms with Crippen molar-refractivity contribution in [2.75, 3.05) is 52.4 Å². The molecule has 2 N–H and O–H groups in total. The molecule has 2 spiro atoms. The fourth-order valence-corrected chi connectivity index (χ4v) is 6.21. The van der Waals surface area contributed by atoms with Crippen LogP contribution in [-0.4, -0.2) is 98.8 Å². The van der Waals surface area contributed by atoms with Crippen LogP contribution in [0.4, 0.5) is 22.8 Å². The molecule has 0 aromatic rings. The van der Waals surface area contributed by atoms with Crippen LogP contribution in [0.25, 0.3) is 0 Å². The van der Waals surface area contributed by atoms with Gasteiger partial charge in [-0.1, -0.05) is 0 Å². The van der Waals surface area contributed by atoms with Crippen molar-refractivity contribution in [2.45, 2.75) is 24.6 Å². The van der Waals surface area contributed by atoms with E-state index in [9.17, 15) is 31.2 Å². The highest BCUT2D eigenvalue weighted by Crippen LogP contribution is 2.57. The molecule has 5 aliphatic rings. The van der Waals surface area contributed by atoms with Crippen LogP contribution in [-0.2, 0) is 14.9 Å². The van der Waals surface area contributed by atoms with Crippen LogP contribution < -0.4 is 10.0 Å². The molecule has 4 saturated heterocycles. The summed E-state index contributed by atoms with van der Waals surface area (Å²) in [4.78, 5) is 26.9. The molecule has 4 aliphatic heterocycles. The van der Waals surface area contributed by atoms with E-state index >= 15 is 0 Å². The lowest BCUT2D eigenvalue weighted by molar-refractivity contribution is -0.184. The number of alkyl halides is 3. The van der Waals surface area contributed by atoms with E-state index in [0.717, 1.165) is 4.31 Å². The predicted molar refractivity (Wildman–Crippen MR) is 94.4 cm³/mol. The highest BCUT2D eigenvalue weighted by atomic mass is 32.2. The maximum absolute atomic E-state index is 13.0. The molecule has 3 amide bonds. The minimum absolute atomic E-state index is 0.0619. The maximum Gasteiger partial charge on any atom is 0.407 e. The van der Waals surface area contributed by atoms with Crippen LogP contribution in [0.15, 0.2) is 0 Å². The smallest absolute Gasteiger partial charge is 0.407 e. The fourth-order valence-electron chi connectivity index (χ4n) is 4.68. The van der Waals surface area contributed by atoms with E-state index < -0.39 is 40.0 Å². The first-order chi connectivity index (χ1) is 13.9. The highest BCUT2D eigenvalue weighted by molar-refractivity contribution is 7.87. The average molecular weight is 453 g/mol. The number of nitrogens with one attached hydrogen (secondary N) is 2. The zero-order valence-electron chi connectivity index (χ0n) is 16.0. The molecule has 168 valence electrons. The zero-order chi connectivity index (χ0) is 21.6. The van der Waals surface area contributed by atoms with E-state index in [4.69, 9.17) is 4.74 Å². The van der Waals surface area contributed by atoms with E-state index in [1.165, 1.54) is 0 Å². The Bertz CT molecular complexity index is 885. The van der Waals surface area contributed by atoms with Gasteiger partial charge in [-0.25, -0.2) is 14.3 Å². The SMILES string of the molecule is O=C1NC2(CO1)CN(C(=O)N1CC3(C1)CN(S(=O)(=O)NCC1(C(F)(F)F)CC1)C3)C2. The first-order valence-corrected chi connectivity index (χ1v) is 11.1. The van der Waals surface area contributed by atoms with Crippen molar-refractivity contribution in [1.29, 1.82) is 0 Å². The Morgan fingerprint density at radius 3 is 2.20 bits per heavy atom. The van der Waals surface area contributed by atoms with Gasteiger partial charge >= 0.3 is 18.3 Å². The molecule has 14 heteroatoms. The number of cyclic esters (lactones) is 1. The molecule has 30 heavy (non-hydrogen) atoms. The first kappa shape index (κ1) is 20.1. The standard InChI is InChI=1S/C16H22F3N5O5S/c17-16(18,19)14(1-2-14)3-20-30(27,28)24-6-13(7-24)4-22(5-13)12(26)23-8-15(9-23)10-29-11(25)21-15/h20H,1-10H2,(H,21,25). The van der Waals surface area contributed by atoms with Gasteiger partial charge in [0, 0.05) is 38.1 Å². The summed E-state index contributed by atoms with van der Waals surface area (Å²) in [5.41, 5.74) is -2.77. The second-order valence-electron chi connectivity index (χ2n) is 9.35. The number of likely N-dealkylation sites (tertiary alicyclic amines) is 2. The van der Waals surface area contributed by atoms with Crippen LogP contribution >= 0.6 is 0 Å². The van der Waals surface area contributed by atoms with Crippen LogP contribution in [0, 0.1) is 10.8 Å². The van der Waals surface area contributed by atoms with Gasteiger partial charge in [0.25, 0.3) is 10.2 Å². The normalized spacial score (nSPS) is 28.4. The van der Waals surface area contributed by atoms with Crippen molar-refractivity contribution < 1.29 is 35.9 Å². The third-order valence-electron chi connectivity index (χ3n) is 6.84. The van der Waals surface area contributed by atoms with Crippen LogP contribution in [0.1, 0.15) is 12.8 Å². The Labute approximate surface area is 170 Å². The number of rotatable bonds is 4. The highest BCUT2D eigenvalue weighted by Gasteiger charge is 2.64. The average Bonchev–Trinajstić information content (AvgIpc) is 3.24. The van der Waals surface area contributed by atoms with Gasteiger partial charge in [-0.15, -0.1) is 0 Å². The zero-order valence-corrected chi connectivity index (χ0v) is 16.8. The third-order valence-corrected chi connectivity index (χ3v) is 8.29. The number of carbonyl (C=O) groups excluding carboxylic acids is 2. The van der Waals surface area contributed by atoms with E-state index in [1.807, 2.05) is 0 Å². The fraction of sp³-hybridized carbons (Fsp3) is 0.875. The van der Waals surface area contributed by atoms with Crippen molar-refractivity contribution in [2.24, 2.45) is 10.8 Å². The van der Waals surface area contributed by atoms with Crippen molar-refractivity contribution in [1.82, 2.24) is 24.1 Å². The summed E-state index contributed by atoms with van der Waals surface area (Å²) in [7, 11) is -3.98. The van der Waals surface area contributed by atoms with Gasteiger partial charge < -0.3 is 19.9 Å². The van der Waals surface area contributed by atoms with Crippen LogP contribution in [0.3, 0.4) is 0 Å². The molecule has 5 fully saturated rings. The minimum Gasteiger partial charge on any atom is -0.447 e. The summed E-state index contributed by atoms with van der Waals surface area (Å²) in [6.07, 6.45) is -5.03. The van der Waals surface area contributed by atoms with Gasteiger partial charge in [-0.3, -0.25) is 0 Å².